The van der Waals surface area contributed by atoms with Crippen molar-refractivity contribution in [2.24, 2.45) is 0 Å². The Balaban J connectivity index is 1.37. The van der Waals surface area contributed by atoms with Gasteiger partial charge in [0.15, 0.2) is 0 Å². The molecule has 1 amide bonds. The van der Waals surface area contributed by atoms with Crippen LogP contribution in [-0.2, 0) is 11.2 Å². The summed E-state index contributed by atoms with van der Waals surface area (Å²) in [6, 6.07) is 1.72. The average Bonchev–Trinajstić information content (AvgIpc) is 3.38. The number of anilines is 2. The number of hydrogen-bond donors (Lipinski definition) is 2. The third-order valence-electron chi connectivity index (χ3n) is 4.70. The summed E-state index contributed by atoms with van der Waals surface area (Å²) in [6.07, 6.45) is 7.56. The second-order valence-electron chi connectivity index (χ2n) is 6.63. The molecule has 3 aromatic heterocycles. The van der Waals surface area contributed by atoms with E-state index in [0.29, 0.717) is 22.7 Å². The number of nitrogens with one attached hydrogen (secondary N) is 2. The highest BCUT2D eigenvalue weighted by Gasteiger charge is 2.29. The lowest BCUT2D eigenvalue weighted by Crippen LogP contribution is -2.15. The Kier molecular flexibility index (Phi) is 5.81. The van der Waals surface area contributed by atoms with Gasteiger partial charge in [-0.3, -0.25) is 4.79 Å². The highest BCUT2D eigenvalue weighted by Crippen LogP contribution is 2.43. The standard InChI is InChI=1S/C17H20N8OS2/c1-18-16-24-22-14(27-16)10-3-2-4-11(7-10)15-23-25-17(28-15)21-13(26)8-12-5-6-19-9-20-12/h5-6,9-11H,2-4,7-8H2,1H3,(H,18,24)(H,21,25,26)/t10-,11-/m0/s1. The molecule has 0 radical (unpaired) electrons. The molecule has 0 saturated heterocycles. The molecule has 3 aromatic rings. The molecule has 9 nitrogen and oxygen atoms in total. The largest absolute Gasteiger partial charge is 0.363 e. The second-order valence-corrected chi connectivity index (χ2v) is 8.65. The molecule has 146 valence electrons. The van der Waals surface area contributed by atoms with Crippen LogP contribution in [0.3, 0.4) is 0 Å². The summed E-state index contributed by atoms with van der Waals surface area (Å²) in [7, 11) is 1.86. The van der Waals surface area contributed by atoms with E-state index in [2.05, 4.69) is 41.0 Å². The molecular formula is C17H20N8OS2. The van der Waals surface area contributed by atoms with Crippen molar-refractivity contribution in [1.82, 2.24) is 30.4 Å². The molecule has 0 aromatic carbocycles. The number of aromatic nitrogens is 6. The van der Waals surface area contributed by atoms with E-state index in [0.717, 1.165) is 40.8 Å². The van der Waals surface area contributed by atoms with Crippen molar-refractivity contribution in [3.8, 4) is 0 Å². The highest BCUT2D eigenvalue weighted by atomic mass is 32.1. The average molecular weight is 417 g/mol. The molecular weight excluding hydrogens is 396 g/mol. The summed E-state index contributed by atoms with van der Waals surface area (Å²) in [5, 5.41) is 26.3. The summed E-state index contributed by atoms with van der Waals surface area (Å²) in [6.45, 7) is 0. The topological polar surface area (TPSA) is 118 Å². The minimum Gasteiger partial charge on any atom is -0.363 e. The zero-order valence-electron chi connectivity index (χ0n) is 15.3. The van der Waals surface area contributed by atoms with Crippen molar-refractivity contribution in [3.05, 3.63) is 34.3 Å². The van der Waals surface area contributed by atoms with Gasteiger partial charge in [0, 0.05) is 25.1 Å². The number of rotatable bonds is 6. The minimum absolute atomic E-state index is 0.156. The van der Waals surface area contributed by atoms with E-state index < -0.39 is 0 Å². The highest BCUT2D eigenvalue weighted by molar-refractivity contribution is 7.15. The monoisotopic (exact) mass is 416 g/mol. The van der Waals surface area contributed by atoms with Gasteiger partial charge in [-0.15, -0.1) is 20.4 Å². The van der Waals surface area contributed by atoms with E-state index in [1.807, 2.05) is 7.05 Å². The maximum Gasteiger partial charge on any atom is 0.232 e. The molecule has 1 fully saturated rings. The molecule has 28 heavy (non-hydrogen) atoms. The van der Waals surface area contributed by atoms with Gasteiger partial charge in [-0.25, -0.2) is 9.97 Å². The molecule has 0 aliphatic heterocycles. The first-order chi connectivity index (χ1) is 13.7. The number of carbonyl (C=O) groups is 1. The Labute approximate surface area is 170 Å². The van der Waals surface area contributed by atoms with Crippen LogP contribution >= 0.6 is 22.7 Å². The molecule has 0 bridgehead atoms. The first-order valence-corrected chi connectivity index (χ1v) is 10.7. The Bertz CT molecular complexity index is 928. The summed E-state index contributed by atoms with van der Waals surface area (Å²) in [4.78, 5) is 20.1. The van der Waals surface area contributed by atoms with Crippen molar-refractivity contribution in [3.63, 3.8) is 0 Å². The van der Waals surface area contributed by atoms with Crippen LogP contribution < -0.4 is 10.6 Å². The van der Waals surface area contributed by atoms with Crippen molar-refractivity contribution in [2.75, 3.05) is 17.7 Å². The van der Waals surface area contributed by atoms with Gasteiger partial charge < -0.3 is 10.6 Å². The van der Waals surface area contributed by atoms with Gasteiger partial charge in [0.1, 0.15) is 16.3 Å². The Morgan fingerprint density at radius 1 is 1.11 bits per heavy atom. The second kappa shape index (κ2) is 8.65. The van der Waals surface area contributed by atoms with Crippen LogP contribution in [0.4, 0.5) is 10.3 Å². The molecule has 2 atom stereocenters. The van der Waals surface area contributed by atoms with Crippen LogP contribution in [0.5, 0.6) is 0 Å². The Morgan fingerprint density at radius 2 is 1.82 bits per heavy atom. The number of nitrogens with zero attached hydrogens (tertiary/aromatic N) is 6. The summed E-state index contributed by atoms with van der Waals surface area (Å²) in [5.41, 5.74) is 0.672. The van der Waals surface area contributed by atoms with Crippen molar-refractivity contribution < 1.29 is 4.79 Å². The van der Waals surface area contributed by atoms with E-state index >= 15 is 0 Å². The lowest BCUT2D eigenvalue weighted by Gasteiger charge is -2.25. The lowest BCUT2D eigenvalue weighted by atomic mass is 9.82. The van der Waals surface area contributed by atoms with E-state index in [4.69, 9.17) is 0 Å². The van der Waals surface area contributed by atoms with Gasteiger partial charge >= 0.3 is 0 Å². The third-order valence-corrected chi connectivity index (χ3v) is 6.80. The molecule has 11 heteroatoms. The molecule has 0 spiro atoms. The molecule has 0 unspecified atom stereocenters. The van der Waals surface area contributed by atoms with E-state index in [1.165, 1.54) is 17.7 Å². The van der Waals surface area contributed by atoms with Crippen LogP contribution in [0.1, 0.15) is 53.2 Å². The lowest BCUT2D eigenvalue weighted by molar-refractivity contribution is -0.115. The predicted octanol–water partition coefficient (Wildman–Crippen LogP) is 2.84. The molecule has 4 rings (SSSR count). The summed E-state index contributed by atoms with van der Waals surface area (Å²) >= 11 is 3.07. The van der Waals surface area contributed by atoms with Crippen LogP contribution in [0.25, 0.3) is 0 Å². The van der Waals surface area contributed by atoms with Crippen molar-refractivity contribution >= 4 is 38.8 Å². The molecule has 1 aliphatic rings. The minimum atomic E-state index is -0.156. The van der Waals surface area contributed by atoms with Gasteiger partial charge in [0.2, 0.25) is 16.2 Å². The maximum absolute atomic E-state index is 12.2. The first kappa shape index (κ1) is 18.8. The van der Waals surface area contributed by atoms with Crippen molar-refractivity contribution in [1.29, 1.82) is 0 Å². The normalized spacial score (nSPS) is 19.3. The van der Waals surface area contributed by atoms with Gasteiger partial charge in [0.05, 0.1) is 12.1 Å². The van der Waals surface area contributed by atoms with Crippen LogP contribution in [-0.4, -0.2) is 43.3 Å². The Morgan fingerprint density at radius 3 is 2.46 bits per heavy atom. The number of hydrogen-bond acceptors (Lipinski definition) is 10. The third kappa shape index (κ3) is 4.47. The van der Waals surface area contributed by atoms with E-state index in [-0.39, 0.29) is 12.3 Å². The fourth-order valence-corrected chi connectivity index (χ4v) is 5.09. The smallest absolute Gasteiger partial charge is 0.232 e. The first-order valence-electron chi connectivity index (χ1n) is 9.10. The fourth-order valence-electron chi connectivity index (χ4n) is 3.34. The Hall–Kier alpha value is -2.53. The van der Waals surface area contributed by atoms with E-state index in [1.54, 1.807) is 23.6 Å². The zero-order valence-corrected chi connectivity index (χ0v) is 17.0. The number of amides is 1. The summed E-state index contributed by atoms with van der Waals surface area (Å²) < 4.78 is 0. The molecule has 1 aliphatic carbocycles. The maximum atomic E-state index is 12.2. The molecule has 3 heterocycles. The molecule has 1 saturated carbocycles. The van der Waals surface area contributed by atoms with Crippen LogP contribution in [0, 0.1) is 0 Å². The van der Waals surface area contributed by atoms with Gasteiger partial charge in [0.25, 0.3) is 0 Å². The van der Waals surface area contributed by atoms with Crippen LogP contribution in [0.2, 0.25) is 0 Å². The van der Waals surface area contributed by atoms with Gasteiger partial charge in [-0.05, 0) is 25.3 Å². The fraction of sp³-hybridized carbons (Fsp3) is 0.471. The summed E-state index contributed by atoms with van der Waals surface area (Å²) in [5.74, 6) is 0.583. The molecule has 2 N–H and O–H groups in total. The van der Waals surface area contributed by atoms with Gasteiger partial charge in [-0.2, -0.15) is 0 Å². The quantitative estimate of drug-likeness (QED) is 0.630. The van der Waals surface area contributed by atoms with E-state index in [9.17, 15) is 4.79 Å². The predicted molar refractivity (Wildman–Crippen MR) is 108 cm³/mol. The number of carbonyl (C=O) groups excluding carboxylic acids is 1. The SMILES string of the molecule is CNc1nnc([C@H]2CCC[C@H](c3nnc(NC(=O)Cc4ccncn4)s3)C2)s1. The van der Waals surface area contributed by atoms with Gasteiger partial charge in [-0.1, -0.05) is 29.1 Å². The zero-order chi connectivity index (χ0) is 19.3. The van der Waals surface area contributed by atoms with Crippen molar-refractivity contribution in [2.45, 2.75) is 43.9 Å². The van der Waals surface area contributed by atoms with Crippen LogP contribution in [0.15, 0.2) is 18.6 Å².